The van der Waals surface area contributed by atoms with Crippen molar-refractivity contribution in [3.05, 3.63) is 34.9 Å². The van der Waals surface area contributed by atoms with Gasteiger partial charge in [0.2, 0.25) is 0 Å². The van der Waals surface area contributed by atoms with Crippen molar-refractivity contribution < 1.29 is 0 Å². The number of hydrogen-bond acceptors (Lipinski definition) is 3. The van der Waals surface area contributed by atoms with Crippen LogP contribution in [0.15, 0.2) is 18.2 Å². The SMILES string of the molecule is Cc1cc(CN)ccc1CN(C)C1CCN(C)CC1. The fraction of sp³-hybridized carbons (Fsp3) is 0.625. The van der Waals surface area contributed by atoms with E-state index in [2.05, 4.69) is 49.0 Å². The number of nitrogens with zero attached hydrogens (tertiary/aromatic N) is 2. The summed E-state index contributed by atoms with van der Waals surface area (Å²) in [5, 5.41) is 0. The highest BCUT2D eigenvalue weighted by Crippen LogP contribution is 2.19. The molecule has 1 aliphatic rings. The van der Waals surface area contributed by atoms with Gasteiger partial charge in [0.25, 0.3) is 0 Å². The number of benzene rings is 1. The average Bonchev–Trinajstić information content (AvgIpc) is 2.41. The van der Waals surface area contributed by atoms with Gasteiger partial charge in [-0.15, -0.1) is 0 Å². The molecule has 106 valence electrons. The Morgan fingerprint density at radius 1 is 1.32 bits per heavy atom. The molecule has 1 fully saturated rings. The molecule has 1 heterocycles. The Morgan fingerprint density at radius 3 is 2.58 bits per heavy atom. The summed E-state index contributed by atoms with van der Waals surface area (Å²) in [4.78, 5) is 4.93. The van der Waals surface area contributed by atoms with Gasteiger partial charge in [-0.25, -0.2) is 0 Å². The summed E-state index contributed by atoms with van der Waals surface area (Å²) in [6.07, 6.45) is 2.57. The van der Waals surface area contributed by atoms with E-state index in [0.29, 0.717) is 6.54 Å². The third-order valence-corrected chi connectivity index (χ3v) is 4.37. The quantitative estimate of drug-likeness (QED) is 0.899. The van der Waals surface area contributed by atoms with Crippen LogP contribution < -0.4 is 5.73 Å². The zero-order valence-electron chi connectivity index (χ0n) is 12.5. The first-order chi connectivity index (χ1) is 9.10. The predicted octanol–water partition coefficient (Wildman–Crippen LogP) is 1.98. The molecular weight excluding hydrogens is 234 g/mol. The molecule has 0 saturated carbocycles. The van der Waals surface area contributed by atoms with E-state index in [9.17, 15) is 0 Å². The number of piperidine rings is 1. The average molecular weight is 261 g/mol. The van der Waals surface area contributed by atoms with E-state index in [1.807, 2.05) is 0 Å². The summed E-state index contributed by atoms with van der Waals surface area (Å²) in [6, 6.07) is 7.34. The lowest BCUT2D eigenvalue weighted by molar-refractivity contribution is 0.139. The van der Waals surface area contributed by atoms with Gasteiger partial charge in [0, 0.05) is 19.1 Å². The molecule has 2 N–H and O–H groups in total. The fourth-order valence-electron chi connectivity index (χ4n) is 2.90. The second kappa shape index (κ2) is 6.51. The monoisotopic (exact) mass is 261 g/mol. The number of hydrogen-bond donors (Lipinski definition) is 1. The molecule has 2 rings (SSSR count). The normalized spacial score (nSPS) is 18.2. The number of aryl methyl sites for hydroxylation is 1. The highest BCUT2D eigenvalue weighted by molar-refractivity contribution is 5.31. The second-order valence-corrected chi connectivity index (χ2v) is 5.91. The molecule has 0 aromatic heterocycles. The predicted molar refractivity (Wildman–Crippen MR) is 81.1 cm³/mol. The maximum Gasteiger partial charge on any atom is 0.0236 e. The minimum absolute atomic E-state index is 0.631. The third-order valence-electron chi connectivity index (χ3n) is 4.37. The van der Waals surface area contributed by atoms with Crippen LogP contribution in [0.4, 0.5) is 0 Å². The van der Waals surface area contributed by atoms with Crippen LogP contribution in [0, 0.1) is 6.92 Å². The lowest BCUT2D eigenvalue weighted by Gasteiger charge is -2.35. The molecule has 0 radical (unpaired) electrons. The molecule has 19 heavy (non-hydrogen) atoms. The highest BCUT2D eigenvalue weighted by atomic mass is 15.2. The smallest absolute Gasteiger partial charge is 0.0236 e. The van der Waals surface area contributed by atoms with Crippen LogP contribution in [-0.4, -0.2) is 43.0 Å². The summed E-state index contributed by atoms with van der Waals surface area (Å²) in [7, 11) is 4.47. The molecule has 1 aromatic carbocycles. The number of likely N-dealkylation sites (tertiary alicyclic amines) is 1. The molecule has 1 aliphatic heterocycles. The summed E-state index contributed by atoms with van der Waals surface area (Å²) in [6.45, 7) is 6.31. The van der Waals surface area contributed by atoms with Gasteiger partial charge >= 0.3 is 0 Å². The maximum absolute atomic E-state index is 5.68. The van der Waals surface area contributed by atoms with E-state index < -0.39 is 0 Å². The highest BCUT2D eigenvalue weighted by Gasteiger charge is 2.20. The van der Waals surface area contributed by atoms with Crippen LogP contribution in [0.25, 0.3) is 0 Å². The van der Waals surface area contributed by atoms with E-state index >= 15 is 0 Å². The third kappa shape index (κ3) is 3.78. The van der Waals surface area contributed by atoms with Crippen LogP contribution in [0.2, 0.25) is 0 Å². The van der Waals surface area contributed by atoms with Crippen LogP contribution >= 0.6 is 0 Å². The van der Waals surface area contributed by atoms with Gasteiger partial charge in [-0.3, -0.25) is 4.90 Å². The van der Waals surface area contributed by atoms with Gasteiger partial charge in [-0.2, -0.15) is 0 Å². The van der Waals surface area contributed by atoms with Crippen LogP contribution in [-0.2, 0) is 13.1 Å². The zero-order chi connectivity index (χ0) is 13.8. The molecule has 0 aliphatic carbocycles. The van der Waals surface area contributed by atoms with Crippen LogP contribution in [0.1, 0.15) is 29.5 Å². The van der Waals surface area contributed by atoms with Gasteiger partial charge in [0.05, 0.1) is 0 Å². The largest absolute Gasteiger partial charge is 0.326 e. The Hall–Kier alpha value is -0.900. The first kappa shape index (κ1) is 14.5. The molecule has 0 unspecified atom stereocenters. The summed E-state index contributed by atoms with van der Waals surface area (Å²) >= 11 is 0. The van der Waals surface area contributed by atoms with Crippen molar-refractivity contribution in [1.82, 2.24) is 9.80 Å². The minimum Gasteiger partial charge on any atom is -0.326 e. The van der Waals surface area contributed by atoms with Crippen molar-refractivity contribution >= 4 is 0 Å². The standard InChI is InChI=1S/C16H27N3/c1-13-10-14(11-17)4-5-15(13)12-19(3)16-6-8-18(2)9-7-16/h4-5,10,16H,6-9,11-12,17H2,1-3H3. The van der Waals surface area contributed by atoms with E-state index in [1.165, 1.54) is 42.6 Å². The summed E-state index contributed by atoms with van der Waals surface area (Å²) < 4.78 is 0. The van der Waals surface area contributed by atoms with Crippen molar-refractivity contribution in [2.45, 2.75) is 38.9 Å². The van der Waals surface area contributed by atoms with Crippen molar-refractivity contribution in [1.29, 1.82) is 0 Å². The van der Waals surface area contributed by atoms with Crippen molar-refractivity contribution in [2.24, 2.45) is 5.73 Å². The maximum atomic E-state index is 5.68. The van der Waals surface area contributed by atoms with Gasteiger partial charge in [0.1, 0.15) is 0 Å². The molecule has 1 saturated heterocycles. The number of nitrogens with two attached hydrogens (primary N) is 1. The van der Waals surface area contributed by atoms with Gasteiger partial charge in [-0.05, 0) is 63.6 Å². The molecule has 0 amide bonds. The first-order valence-corrected chi connectivity index (χ1v) is 7.27. The minimum atomic E-state index is 0.631. The van der Waals surface area contributed by atoms with Gasteiger partial charge in [-0.1, -0.05) is 18.2 Å². The van der Waals surface area contributed by atoms with Gasteiger partial charge in [0.15, 0.2) is 0 Å². The molecule has 1 aromatic rings. The molecule has 3 heteroatoms. The topological polar surface area (TPSA) is 32.5 Å². The van der Waals surface area contributed by atoms with E-state index in [4.69, 9.17) is 5.73 Å². The number of rotatable bonds is 4. The fourth-order valence-corrected chi connectivity index (χ4v) is 2.90. The van der Waals surface area contributed by atoms with Gasteiger partial charge < -0.3 is 10.6 Å². The van der Waals surface area contributed by atoms with Crippen molar-refractivity contribution in [2.75, 3.05) is 27.2 Å². The molecular formula is C16H27N3. The summed E-state index contributed by atoms with van der Waals surface area (Å²) in [5.41, 5.74) is 9.70. The molecule has 0 bridgehead atoms. The first-order valence-electron chi connectivity index (χ1n) is 7.27. The Kier molecular flexibility index (Phi) is 4.97. The van der Waals surface area contributed by atoms with Crippen molar-refractivity contribution in [3.63, 3.8) is 0 Å². The van der Waals surface area contributed by atoms with Crippen LogP contribution in [0.5, 0.6) is 0 Å². The Morgan fingerprint density at radius 2 is 2.00 bits per heavy atom. The Balaban J connectivity index is 1.96. The van der Waals surface area contributed by atoms with E-state index in [0.717, 1.165) is 12.6 Å². The van der Waals surface area contributed by atoms with E-state index in [1.54, 1.807) is 0 Å². The zero-order valence-corrected chi connectivity index (χ0v) is 12.5. The molecule has 0 atom stereocenters. The van der Waals surface area contributed by atoms with Crippen LogP contribution in [0.3, 0.4) is 0 Å². The Labute approximate surface area is 117 Å². The molecule has 0 spiro atoms. The molecule has 3 nitrogen and oxygen atoms in total. The van der Waals surface area contributed by atoms with Crippen molar-refractivity contribution in [3.8, 4) is 0 Å². The Bertz CT molecular complexity index is 408. The lowest BCUT2D eigenvalue weighted by Crippen LogP contribution is -2.41. The van der Waals surface area contributed by atoms with E-state index in [-0.39, 0.29) is 0 Å². The lowest BCUT2D eigenvalue weighted by atomic mass is 10.0. The second-order valence-electron chi connectivity index (χ2n) is 5.91. The summed E-state index contributed by atoms with van der Waals surface area (Å²) in [5.74, 6) is 0.